The molecule has 1 aromatic heterocycles. The smallest absolute Gasteiger partial charge is 0.190 e. The molecule has 0 spiro atoms. The van der Waals surface area contributed by atoms with Gasteiger partial charge in [-0.25, -0.2) is 0 Å². The molecule has 1 aromatic rings. The standard InChI is InChI=1S/C18H17N5S/c1-2-23-5-3-13-14(7-19)17(22)18(10-20,11-21)16(15(13)8-23)12-4-6-24-9-12/h3-4,6,9,14-16,22H,2,5,8H2,1H3/p+1/t14?,15-,16+/m1/s1. The Morgan fingerprint density at radius 3 is 2.67 bits per heavy atom. The van der Waals surface area contributed by atoms with E-state index in [1.54, 1.807) is 0 Å². The number of rotatable bonds is 2. The van der Waals surface area contributed by atoms with E-state index in [0.717, 1.165) is 30.8 Å². The van der Waals surface area contributed by atoms with E-state index >= 15 is 0 Å². The van der Waals surface area contributed by atoms with Crippen LogP contribution in [-0.4, -0.2) is 25.3 Å². The molecule has 4 atom stereocenters. The van der Waals surface area contributed by atoms with Crippen molar-refractivity contribution in [2.75, 3.05) is 19.6 Å². The number of hydrogen-bond acceptors (Lipinski definition) is 5. The Balaban J connectivity index is 2.23. The Bertz CT molecular complexity index is 788. The third kappa shape index (κ3) is 2.18. The average Bonchev–Trinajstić information content (AvgIpc) is 3.14. The normalized spacial score (nSPS) is 31.1. The van der Waals surface area contributed by atoms with E-state index in [9.17, 15) is 15.8 Å². The molecular formula is C18H18N5S+. The SMILES string of the molecule is CC[NH+]1CC=C2C(C#N)C(=N)C(C#N)(C#N)[C@@H](c3ccsc3)[C@@H]2C1. The van der Waals surface area contributed by atoms with E-state index in [4.69, 9.17) is 5.41 Å². The van der Waals surface area contributed by atoms with Crippen molar-refractivity contribution in [2.45, 2.75) is 12.8 Å². The Morgan fingerprint density at radius 2 is 2.12 bits per heavy atom. The molecule has 1 fully saturated rings. The van der Waals surface area contributed by atoms with Crippen LogP contribution in [0.1, 0.15) is 18.4 Å². The van der Waals surface area contributed by atoms with Crippen LogP contribution in [-0.2, 0) is 0 Å². The molecule has 2 N–H and O–H groups in total. The summed E-state index contributed by atoms with van der Waals surface area (Å²) in [5.74, 6) is -1.20. The summed E-state index contributed by atoms with van der Waals surface area (Å²) in [7, 11) is 0. The monoisotopic (exact) mass is 336 g/mol. The van der Waals surface area contributed by atoms with Gasteiger partial charge in [0.15, 0.2) is 5.41 Å². The second-order valence-electron chi connectivity index (χ2n) is 6.36. The molecule has 0 radical (unpaired) electrons. The van der Waals surface area contributed by atoms with Crippen molar-refractivity contribution < 1.29 is 4.90 Å². The fraction of sp³-hybridized carbons (Fsp3) is 0.444. The van der Waals surface area contributed by atoms with Crippen molar-refractivity contribution in [3.05, 3.63) is 34.0 Å². The molecular weight excluding hydrogens is 318 g/mol. The zero-order valence-corrected chi connectivity index (χ0v) is 14.2. The molecule has 5 nitrogen and oxygen atoms in total. The van der Waals surface area contributed by atoms with Crippen LogP contribution in [0.4, 0.5) is 0 Å². The van der Waals surface area contributed by atoms with Gasteiger partial charge in [0.05, 0.1) is 43.6 Å². The van der Waals surface area contributed by atoms with Crippen molar-refractivity contribution in [2.24, 2.45) is 17.3 Å². The van der Waals surface area contributed by atoms with Crippen molar-refractivity contribution in [1.29, 1.82) is 21.2 Å². The minimum absolute atomic E-state index is 0.0543. The highest BCUT2D eigenvalue weighted by atomic mass is 32.1. The van der Waals surface area contributed by atoms with E-state index in [2.05, 4.69) is 31.2 Å². The highest BCUT2D eigenvalue weighted by molar-refractivity contribution is 7.08. The van der Waals surface area contributed by atoms with Crippen molar-refractivity contribution in [3.63, 3.8) is 0 Å². The molecule has 0 saturated heterocycles. The molecule has 1 aliphatic heterocycles. The van der Waals surface area contributed by atoms with Gasteiger partial charge in [0.2, 0.25) is 0 Å². The summed E-state index contributed by atoms with van der Waals surface area (Å²) in [6, 6.07) is 8.35. The first-order valence-electron chi connectivity index (χ1n) is 7.99. The molecule has 2 unspecified atom stereocenters. The van der Waals surface area contributed by atoms with Crippen LogP contribution in [0.25, 0.3) is 0 Å². The van der Waals surface area contributed by atoms with Crippen LogP contribution in [0.15, 0.2) is 28.5 Å². The maximum Gasteiger partial charge on any atom is 0.190 e. The van der Waals surface area contributed by atoms with Gasteiger partial charge < -0.3 is 10.3 Å². The maximum atomic E-state index is 9.86. The predicted octanol–water partition coefficient (Wildman–Crippen LogP) is 1.50. The molecule has 0 bridgehead atoms. The van der Waals surface area contributed by atoms with Gasteiger partial charge in [-0.3, -0.25) is 0 Å². The summed E-state index contributed by atoms with van der Waals surface area (Å²) in [6.07, 6.45) is 2.06. The first-order valence-corrected chi connectivity index (χ1v) is 8.93. The van der Waals surface area contributed by atoms with Crippen LogP contribution in [0.3, 0.4) is 0 Å². The van der Waals surface area contributed by atoms with Crippen molar-refractivity contribution >= 4 is 17.0 Å². The quantitative estimate of drug-likeness (QED) is 0.800. The fourth-order valence-corrected chi connectivity index (χ4v) is 4.77. The second kappa shape index (κ2) is 6.21. The lowest BCUT2D eigenvalue weighted by atomic mass is 9.54. The molecule has 0 aromatic carbocycles. The van der Waals surface area contributed by atoms with Crippen LogP contribution in [0, 0.1) is 56.7 Å². The summed E-state index contributed by atoms with van der Waals surface area (Å²) in [5, 5.41) is 41.7. The lowest BCUT2D eigenvalue weighted by Gasteiger charge is -2.46. The third-order valence-corrected chi connectivity index (χ3v) is 6.06. The van der Waals surface area contributed by atoms with Crippen LogP contribution in [0.5, 0.6) is 0 Å². The van der Waals surface area contributed by atoms with Crippen molar-refractivity contribution in [3.8, 4) is 18.2 Å². The summed E-state index contributed by atoms with van der Waals surface area (Å²) >= 11 is 1.53. The van der Waals surface area contributed by atoms with E-state index < -0.39 is 11.3 Å². The first kappa shape index (κ1) is 16.4. The van der Waals surface area contributed by atoms with Gasteiger partial charge in [0.25, 0.3) is 0 Å². The van der Waals surface area contributed by atoms with Gasteiger partial charge in [0.1, 0.15) is 5.92 Å². The summed E-state index contributed by atoms with van der Waals surface area (Å²) in [6.45, 7) is 4.69. The average molecular weight is 336 g/mol. The number of nitriles is 3. The molecule has 2 aliphatic rings. The zero-order chi connectivity index (χ0) is 17.3. The molecule has 24 heavy (non-hydrogen) atoms. The van der Waals surface area contributed by atoms with Gasteiger partial charge in [-0.1, -0.05) is 0 Å². The Hall–Kier alpha value is -2.46. The topological polar surface area (TPSA) is 99.7 Å². The Labute approximate surface area is 145 Å². The Kier molecular flexibility index (Phi) is 4.24. The first-order chi connectivity index (χ1) is 11.6. The molecule has 6 heteroatoms. The summed E-state index contributed by atoms with van der Waals surface area (Å²) in [5.41, 5.74) is 0.225. The highest BCUT2D eigenvalue weighted by Gasteiger charge is 2.58. The maximum absolute atomic E-state index is 9.86. The molecule has 1 saturated carbocycles. The predicted molar refractivity (Wildman–Crippen MR) is 90.4 cm³/mol. The largest absolute Gasteiger partial charge is 0.331 e. The third-order valence-electron chi connectivity index (χ3n) is 5.36. The number of fused-ring (bicyclic) bond motifs is 1. The van der Waals surface area contributed by atoms with Crippen LogP contribution >= 0.6 is 11.3 Å². The Morgan fingerprint density at radius 1 is 1.38 bits per heavy atom. The molecule has 120 valence electrons. The number of quaternary nitrogens is 1. The summed E-state index contributed by atoms with van der Waals surface area (Å²) in [4.78, 5) is 1.37. The minimum atomic E-state index is -1.57. The van der Waals surface area contributed by atoms with E-state index in [1.165, 1.54) is 16.2 Å². The molecule has 1 aliphatic carbocycles. The van der Waals surface area contributed by atoms with E-state index in [0.29, 0.717) is 0 Å². The number of nitrogens with zero attached hydrogens (tertiary/aromatic N) is 3. The molecule has 0 amide bonds. The van der Waals surface area contributed by atoms with Gasteiger partial charge >= 0.3 is 0 Å². The molecule has 2 heterocycles. The molecule has 3 rings (SSSR count). The fourth-order valence-electron chi connectivity index (χ4n) is 4.08. The van der Waals surface area contributed by atoms with Gasteiger partial charge in [-0.15, -0.1) is 0 Å². The minimum Gasteiger partial charge on any atom is -0.331 e. The van der Waals surface area contributed by atoms with Gasteiger partial charge in [-0.2, -0.15) is 27.1 Å². The lowest BCUT2D eigenvalue weighted by molar-refractivity contribution is -0.897. The zero-order valence-electron chi connectivity index (χ0n) is 13.4. The lowest BCUT2D eigenvalue weighted by Crippen LogP contribution is -3.13. The van der Waals surface area contributed by atoms with E-state index in [1.807, 2.05) is 16.8 Å². The van der Waals surface area contributed by atoms with Gasteiger partial charge in [-0.05, 0) is 41.0 Å². The van der Waals surface area contributed by atoms with Gasteiger partial charge in [0, 0.05) is 11.8 Å². The number of likely N-dealkylation sites (N-methyl/N-ethyl adjacent to an activating group) is 1. The van der Waals surface area contributed by atoms with Crippen LogP contribution < -0.4 is 4.90 Å². The van der Waals surface area contributed by atoms with Crippen molar-refractivity contribution in [1.82, 2.24) is 0 Å². The number of nitrogens with one attached hydrogen (secondary N) is 2. The highest BCUT2D eigenvalue weighted by Crippen LogP contribution is 2.52. The van der Waals surface area contributed by atoms with E-state index in [-0.39, 0.29) is 17.5 Å². The summed E-state index contributed by atoms with van der Waals surface area (Å²) < 4.78 is 0. The number of thiophene rings is 1. The van der Waals surface area contributed by atoms with Crippen LogP contribution in [0.2, 0.25) is 0 Å². The second-order valence-corrected chi connectivity index (χ2v) is 7.14. The number of hydrogen-bond donors (Lipinski definition) is 2.